The van der Waals surface area contributed by atoms with Gasteiger partial charge in [-0.15, -0.1) is 0 Å². The van der Waals surface area contributed by atoms with Crippen LogP contribution in [0, 0.1) is 0 Å². The molecule has 38 heavy (non-hydrogen) atoms. The van der Waals surface area contributed by atoms with Crippen molar-refractivity contribution in [3.05, 3.63) is 59.7 Å². The fourth-order valence-corrected chi connectivity index (χ4v) is 4.19. The summed E-state index contributed by atoms with van der Waals surface area (Å²) in [5, 5.41) is 26.0. The Hall–Kier alpha value is -3.75. The Balaban J connectivity index is 1.99. The van der Waals surface area contributed by atoms with Crippen LogP contribution in [0.3, 0.4) is 0 Å². The molecule has 2 aromatic rings. The van der Waals surface area contributed by atoms with E-state index in [9.17, 15) is 24.6 Å². The first-order valence-electron chi connectivity index (χ1n) is 13.2. The molecule has 206 valence electrons. The smallest absolute Gasteiger partial charge is 0.408 e. The number of hydrogen-bond donors (Lipinski definition) is 4. The molecule has 0 aromatic heterocycles. The van der Waals surface area contributed by atoms with E-state index in [0.29, 0.717) is 30.5 Å². The van der Waals surface area contributed by atoms with Gasteiger partial charge in [-0.05, 0) is 63.8 Å². The Morgan fingerprint density at radius 3 is 2.29 bits per heavy atom. The van der Waals surface area contributed by atoms with Crippen molar-refractivity contribution >= 4 is 17.9 Å². The summed E-state index contributed by atoms with van der Waals surface area (Å²) in [7, 11) is 0. The number of hydrogen-bond acceptors (Lipinski definition) is 6. The maximum atomic E-state index is 14.2. The van der Waals surface area contributed by atoms with Gasteiger partial charge in [0.1, 0.15) is 29.2 Å². The summed E-state index contributed by atoms with van der Waals surface area (Å²) in [5.74, 6) is -0.845. The van der Waals surface area contributed by atoms with Crippen LogP contribution in [-0.4, -0.2) is 57.3 Å². The average Bonchev–Trinajstić information content (AvgIpc) is 3.68. The molecule has 1 aliphatic rings. The Morgan fingerprint density at radius 1 is 1.05 bits per heavy atom. The largest absolute Gasteiger partial charge is 0.508 e. The molecule has 2 unspecified atom stereocenters. The van der Waals surface area contributed by atoms with Gasteiger partial charge in [-0.3, -0.25) is 9.59 Å². The van der Waals surface area contributed by atoms with E-state index < -0.39 is 29.7 Å². The number of nitrogens with zero attached hydrogens (tertiary/aromatic N) is 1. The van der Waals surface area contributed by atoms with Crippen molar-refractivity contribution in [2.24, 2.45) is 0 Å². The van der Waals surface area contributed by atoms with Crippen molar-refractivity contribution in [3.63, 3.8) is 0 Å². The highest BCUT2D eigenvalue weighted by Gasteiger charge is 2.44. The van der Waals surface area contributed by atoms with Gasteiger partial charge in [-0.1, -0.05) is 43.7 Å². The summed E-state index contributed by atoms with van der Waals surface area (Å²) in [5.41, 5.74) is 0.256. The number of amides is 3. The third kappa shape index (κ3) is 8.13. The molecule has 9 nitrogen and oxygen atoms in total. The molecule has 1 aliphatic carbocycles. The van der Waals surface area contributed by atoms with Gasteiger partial charge in [-0.25, -0.2) is 4.79 Å². The molecule has 0 heterocycles. The number of ether oxygens (including phenoxy) is 1. The Morgan fingerprint density at radius 2 is 1.71 bits per heavy atom. The van der Waals surface area contributed by atoms with Crippen molar-refractivity contribution in [1.29, 1.82) is 0 Å². The summed E-state index contributed by atoms with van der Waals surface area (Å²) in [6, 6.07) is 10.5. The minimum absolute atomic E-state index is 0.0831. The van der Waals surface area contributed by atoms with Crippen LogP contribution in [-0.2, 0) is 20.7 Å². The van der Waals surface area contributed by atoms with Gasteiger partial charge in [0, 0.05) is 24.6 Å². The number of nitrogens with one attached hydrogen (secondary N) is 2. The highest BCUT2D eigenvalue weighted by atomic mass is 16.6. The number of alkyl carbamates (subject to hydrolysis) is 1. The lowest BCUT2D eigenvalue weighted by atomic mass is 9.99. The zero-order valence-corrected chi connectivity index (χ0v) is 22.6. The summed E-state index contributed by atoms with van der Waals surface area (Å²) in [6.45, 7) is 7.65. The van der Waals surface area contributed by atoms with Gasteiger partial charge in [0.05, 0.1) is 0 Å². The molecule has 1 saturated carbocycles. The van der Waals surface area contributed by atoms with Crippen LogP contribution in [0.2, 0.25) is 0 Å². The van der Waals surface area contributed by atoms with E-state index in [2.05, 4.69) is 10.6 Å². The number of carbonyl (C=O) groups excluding carboxylic acids is 3. The van der Waals surface area contributed by atoms with Gasteiger partial charge in [0.25, 0.3) is 0 Å². The minimum Gasteiger partial charge on any atom is -0.508 e. The van der Waals surface area contributed by atoms with Gasteiger partial charge in [-0.2, -0.15) is 0 Å². The lowest BCUT2D eigenvalue weighted by Gasteiger charge is -2.35. The molecule has 3 rings (SSSR count). The average molecular weight is 526 g/mol. The van der Waals surface area contributed by atoms with Crippen LogP contribution in [0.15, 0.2) is 48.5 Å². The Labute approximate surface area is 224 Å². The van der Waals surface area contributed by atoms with Crippen LogP contribution in [0.4, 0.5) is 4.79 Å². The number of phenols is 2. The Kier molecular flexibility index (Phi) is 9.61. The van der Waals surface area contributed by atoms with Crippen LogP contribution >= 0.6 is 0 Å². The van der Waals surface area contributed by atoms with Crippen LogP contribution in [0.5, 0.6) is 11.5 Å². The van der Waals surface area contributed by atoms with E-state index in [1.54, 1.807) is 51.1 Å². The van der Waals surface area contributed by atoms with E-state index in [1.165, 1.54) is 23.1 Å². The summed E-state index contributed by atoms with van der Waals surface area (Å²) in [6.07, 6.45) is 2.44. The van der Waals surface area contributed by atoms with Crippen LogP contribution in [0.1, 0.15) is 70.5 Å². The summed E-state index contributed by atoms with van der Waals surface area (Å²) < 4.78 is 5.43. The first-order valence-corrected chi connectivity index (χ1v) is 13.2. The normalized spacial score (nSPS) is 14.7. The molecule has 3 amide bonds. The lowest BCUT2D eigenvalue weighted by Crippen LogP contribution is -2.54. The fourth-order valence-electron chi connectivity index (χ4n) is 4.19. The number of phenolic OH excluding ortho intramolecular Hbond substituents is 2. The summed E-state index contributed by atoms with van der Waals surface area (Å²) >= 11 is 0. The molecular weight excluding hydrogens is 486 g/mol. The Bertz CT molecular complexity index is 1110. The number of carbonyl (C=O) groups is 3. The molecule has 4 N–H and O–H groups in total. The first kappa shape index (κ1) is 28.8. The number of benzene rings is 2. The van der Waals surface area contributed by atoms with Crippen molar-refractivity contribution in [2.75, 3.05) is 6.54 Å². The highest BCUT2D eigenvalue weighted by molar-refractivity contribution is 5.93. The second-order valence-corrected chi connectivity index (χ2v) is 10.7. The maximum absolute atomic E-state index is 14.2. The van der Waals surface area contributed by atoms with E-state index in [0.717, 1.165) is 12.8 Å². The number of unbranched alkanes of at least 4 members (excludes halogenated alkanes) is 1. The van der Waals surface area contributed by atoms with E-state index >= 15 is 0 Å². The molecular formula is C29H39N3O6. The molecule has 2 aromatic carbocycles. The third-order valence-corrected chi connectivity index (χ3v) is 6.15. The molecule has 2 atom stereocenters. The number of para-hydroxylation sites is 1. The second-order valence-electron chi connectivity index (χ2n) is 10.7. The van der Waals surface area contributed by atoms with Gasteiger partial charge >= 0.3 is 6.09 Å². The van der Waals surface area contributed by atoms with E-state index in [4.69, 9.17) is 4.74 Å². The molecule has 0 spiro atoms. The van der Waals surface area contributed by atoms with E-state index in [-0.39, 0.29) is 29.9 Å². The van der Waals surface area contributed by atoms with Crippen molar-refractivity contribution in [2.45, 2.75) is 83.5 Å². The first-order chi connectivity index (χ1) is 18.0. The second kappa shape index (κ2) is 12.7. The maximum Gasteiger partial charge on any atom is 0.408 e. The molecule has 0 saturated heterocycles. The van der Waals surface area contributed by atoms with Gasteiger partial charge < -0.3 is 30.5 Å². The highest BCUT2D eigenvalue weighted by Crippen LogP contribution is 2.38. The fraction of sp³-hybridized carbons (Fsp3) is 0.483. The zero-order valence-electron chi connectivity index (χ0n) is 22.6. The molecule has 9 heteroatoms. The molecule has 1 fully saturated rings. The third-order valence-electron chi connectivity index (χ3n) is 6.15. The predicted molar refractivity (Wildman–Crippen MR) is 144 cm³/mol. The number of rotatable bonds is 11. The van der Waals surface area contributed by atoms with Gasteiger partial charge in [0.15, 0.2) is 0 Å². The van der Waals surface area contributed by atoms with Crippen molar-refractivity contribution < 1.29 is 29.3 Å². The monoisotopic (exact) mass is 525 g/mol. The molecule has 0 bridgehead atoms. The summed E-state index contributed by atoms with van der Waals surface area (Å²) in [4.78, 5) is 42.0. The minimum atomic E-state index is -1.07. The SMILES string of the molecule is CCCCNC(=O)C(c1ccccc1O)N(C(=O)C(Cc1ccc(O)cc1)NC(=O)OC(C)(C)C)C1CC1. The van der Waals surface area contributed by atoms with Crippen LogP contribution < -0.4 is 10.6 Å². The number of aromatic hydroxyl groups is 2. The van der Waals surface area contributed by atoms with E-state index in [1.807, 2.05) is 6.92 Å². The van der Waals surface area contributed by atoms with Crippen LogP contribution in [0.25, 0.3) is 0 Å². The topological polar surface area (TPSA) is 128 Å². The van der Waals surface area contributed by atoms with Crippen molar-refractivity contribution in [1.82, 2.24) is 15.5 Å². The standard InChI is InChI=1S/C29H39N3O6/c1-5-6-17-30-26(35)25(22-9-7-8-10-24(22)34)32(20-13-14-20)27(36)23(31-28(37)38-29(2,3)4)18-19-11-15-21(33)16-12-19/h7-12,15-16,20,23,25,33-34H,5-6,13-14,17-18H2,1-4H3,(H,30,35)(H,31,37). The predicted octanol–water partition coefficient (Wildman–Crippen LogP) is 4.18. The quantitative estimate of drug-likeness (QED) is 0.326. The molecule has 0 radical (unpaired) electrons. The molecule has 0 aliphatic heterocycles. The lowest BCUT2D eigenvalue weighted by molar-refractivity contribution is -0.143. The zero-order chi connectivity index (χ0) is 27.9. The van der Waals surface area contributed by atoms with Gasteiger partial charge in [0.2, 0.25) is 11.8 Å². The van der Waals surface area contributed by atoms with Crippen molar-refractivity contribution in [3.8, 4) is 11.5 Å².